The van der Waals surface area contributed by atoms with E-state index >= 15 is 0 Å². The SMILES string of the molecule is CCN(CC)C(=O)CN1C(=O)[C@H](NC(=O)[C@@H]2CCC(=O)O2)[C@@H](c2ccccc2)Cc2ccccc21. The van der Waals surface area contributed by atoms with E-state index in [4.69, 9.17) is 4.74 Å². The van der Waals surface area contributed by atoms with Crippen LogP contribution in [0.25, 0.3) is 0 Å². The van der Waals surface area contributed by atoms with Crippen molar-refractivity contribution in [1.82, 2.24) is 10.2 Å². The van der Waals surface area contributed by atoms with Crippen molar-refractivity contribution in [3.05, 3.63) is 65.7 Å². The fourth-order valence-corrected chi connectivity index (χ4v) is 4.86. The van der Waals surface area contributed by atoms with E-state index in [1.165, 1.54) is 4.90 Å². The molecule has 1 saturated heterocycles. The summed E-state index contributed by atoms with van der Waals surface area (Å²) >= 11 is 0. The lowest BCUT2D eigenvalue weighted by Gasteiger charge is -2.31. The van der Waals surface area contributed by atoms with Crippen LogP contribution >= 0.6 is 0 Å². The zero-order chi connectivity index (χ0) is 24.9. The highest BCUT2D eigenvalue weighted by Gasteiger charge is 2.41. The van der Waals surface area contributed by atoms with Crippen LogP contribution in [0.4, 0.5) is 5.69 Å². The van der Waals surface area contributed by atoms with Crippen LogP contribution in [-0.4, -0.2) is 60.4 Å². The maximum absolute atomic E-state index is 14.1. The molecule has 3 amide bonds. The van der Waals surface area contributed by atoms with Gasteiger partial charge in [-0.2, -0.15) is 0 Å². The van der Waals surface area contributed by atoms with Crippen LogP contribution in [0.1, 0.15) is 43.7 Å². The van der Waals surface area contributed by atoms with E-state index < -0.39 is 24.0 Å². The average molecular weight is 478 g/mol. The number of fused-ring (bicyclic) bond motifs is 1. The van der Waals surface area contributed by atoms with Gasteiger partial charge in [0, 0.05) is 37.5 Å². The van der Waals surface area contributed by atoms with Gasteiger partial charge in [0.15, 0.2) is 6.10 Å². The maximum atomic E-state index is 14.1. The molecule has 3 atom stereocenters. The molecule has 4 rings (SSSR count). The third-order valence-electron chi connectivity index (χ3n) is 6.77. The Morgan fingerprint density at radius 2 is 1.71 bits per heavy atom. The van der Waals surface area contributed by atoms with E-state index in [0.29, 0.717) is 25.2 Å². The third kappa shape index (κ3) is 5.21. The van der Waals surface area contributed by atoms with Gasteiger partial charge in [-0.25, -0.2) is 0 Å². The van der Waals surface area contributed by atoms with Crippen LogP contribution in [0.2, 0.25) is 0 Å². The number of amides is 3. The number of esters is 1. The third-order valence-corrected chi connectivity index (χ3v) is 6.77. The van der Waals surface area contributed by atoms with Gasteiger partial charge in [0.05, 0.1) is 0 Å². The number of nitrogens with zero attached hydrogens (tertiary/aromatic N) is 2. The molecular formula is C27H31N3O5. The molecule has 0 saturated carbocycles. The van der Waals surface area contributed by atoms with E-state index in [1.807, 2.05) is 68.4 Å². The van der Waals surface area contributed by atoms with Crippen LogP contribution in [0, 0.1) is 0 Å². The molecule has 0 aliphatic carbocycles. The zero-order valence-corrected chi connectivity index (χ0v) is 20.1. The molecule has 35 heavy (non-hydrogen) atoms. The molecule has 2 aromatic rings. The number of carbonyl (C=O) groups excluding carboxylic acids is 4. The fourth-order valence-electron chi connectivity index (χ4n) is 4.86. The van der Waals surface area contributed by atoms with E-state index in [1.54, 1.807) is 4.90 Å². The Hall–Kier alpha value is -3.68. The summed E-state index contributed by atoms with van der Waals surface area (Å²) < 4.78 is 5.15. The van der Waals surface area contributed by atoms with Crippen molar-refractivity contribution in [1.29, 1.82) is 0 Å². The first kappa shape index (κ1) is 24.4. The lowest BCUT2D eigenvalue weighted by atomic mass is 9.86. The van der Waals surface area contributed by atoms with Crippen LogP contribution in [0.3, 0.4) is 0 Å². The highest BCUT2D eigenvalue weighted by atomic mass is 16.6. The molecule has 0 bridgehead atoms. The van der Waals surface area contributed by atoms with Gasteiger partial charge in [-0.15, -0.1) is 0 Å². The number of para-hydroxylation sites is 1. The maximum Gasteiger partial charge on any atom is 0.306 e. The summed E-state index contributed by atoms with van der Waals surface area (Å²) in [6, 6.07) is 16.2. The molecule has 184 valence electrons. The average Bonchev–Trinajstić information content (AvgIpc) is 3.28. The summed E-state index contributed by atoms with van der Waals surface area (Å²) in [6.07, 6.45) is 0.0426. The van der Waals surface area contributed by atoms with Crippen LogP contribution < -0.4 is 10.2 Å². The molecule has 8 nitrogen and oxygen atoms in total. The summed E-state index contributed by atoms with van der Waals surface area (Å²) in [5.41, 5.74) is 2.50. The molecule has 8 heteroatoms. The molecule has 1 fully saturated rings. The van der Waals surface area contributed by atoms with Gasteiger partial charge in [-0.3, -0.25) is 19.2 Å². The Bertz CT molecular complexity index is 1100. The van der Waals surface area contributed by atoms with Crippen molar-refractivity contribution in [3.63, 3.8) is 0 Å². The number of hydrogen-bond acceptors (Lipinski definition) is 5. The molecule has 1 N–H and O–H groups in total. The number of benzene rings is 2. The zero-order valence-electron chi connectivity index (χ0n) is 20.1. The highest BCUT2D eigenvalue weighted by Crippen LogP contribution is 2.35. The Kier molecular flexibility index (Phi) is 7.48. The number of nitrogens with one attached hydrogen (secondary N) is 1. The first-order chi connectivity index (χ1) is 16.9. The Balaban J connectivity index is 1.73. The van der Waals surface area contributed by atoms with Crippen molar-refractivity contribution in [2.24, 2.45) is 0 Å². The number of rotatable bonds is 7. The van der Waals surface area contributed by atoms with E-state index in [9.17, 15) is 19.2 Å². The molecule has 0 spiro atoms. The van der Waals surface area contributed by atoms with E-state index in [2.05, 4.69) is 5.32 Å². The topological polar surface area (TPSA) is 96.0 Å². The summed E-state index contributed by atoms with van der Waals surface area (Å²) in [4.78, 5) is 54.9. The van der Waals surface area contributed by atoms with Gasteiger partial charge in [0.1, 0.15) is 12.6 Å². The Morgan fingerprint density at radius 1 is 1.03 bits per heavy atom. The molecule has 2 aromatic carbocycles. The molecule has 2 aliphatic rings. The van der Waals surface area contributed by atoms with E-state index in [-0.39, 0.29) is 37.1 Å². The van der Waals surface area contributed by atoms with Crippen LogP contribution in [0.5, 0.6) is 0 Å². The monoisotopic (exact) mass is 477 g/mol. The number of ether oxygens (including phenoxy) is 1. The number of hydrogen-bond donors (Lipinski definition) is 1. The first-order valence-corrected chi connectivity index (χ1v) is 12.1. The minimum Gasteiger partial charge on any atom is -0.452 e. The van der Waals surface area contributed by atoms with Gasteiger partial charge >= 0.3 is 5.97 Å². The van der Waals surface area contributed by atoms with Crippen LogP contribution in [0.15, 0.2) is 54.6 Å². The predicted molar refractivity (Wildman–Crippen MR) is 131 cm³/mol. The van der Waals surface area contributed by atoms with Gasteiger partial charge in [0.2, 0.25) is 5.91 Å². The molecule has 2 aliphatic heterocycles. The second-order valence-electron chi connectivity index (χ2n) is 8.84. The molecule has 0 radical (unpaired) electrons. The second-order valence-corrected chi connectivity index (χ2v) is 8.84. The lowest BCUT2D eigenvalue weighted by molar-refractivity contribution is -0.148. The van der Waals surface area contributed by atoms with Gasteiger partial charge < -0.3 is 19.9 Å². The minimum absolute atomic E-state index is 0.121. The number of cyclic esters (lactones) is 1. The van der Waals surface area contributed by atoms with Gasteiger partial charge in [0.25, 0.3) is 11.8 Å². The lowest BCUT2D eigenvalue weighted by Crippen LogP contribution is -2.54. The van der Waals surface area contributed by atoms with Gasteiger partial charge in [-0.05, 0) is 37.5 Å². The van der Waals surface area contributed by atoms with E-state index in [0.717, 1.165) is 11.1 Å². The quantitative estimate of drug-likeness (QED) is 0.618. The van der Waals surface area contributed by atoms with Crippen molar-refractivity contribution >= 4 is 29.4 Å². The van der Waals surface area contributed by atoms with Crippen molar-refractivity contribution in [2.75, 3.05) is 24.5 Å². The van der Waals surface area contributed by atoms with Crippen molar-refractivity contribution < 1.29 is 23.9 Å². The van der Waals surface area contributed by atoms with Crippen molar-refractivity contribution in [3.8, 4) is 0 Å². The summed E-state index contributed by atoms with van der Waals surface area (Å²) in [5, 5.41) is 2.88. The fraction of sp³-hybridized carbons (Fsp3) is 0.407. The standard InChI is InChI=1S/C27H31N3O5/c1-3-29(4-2)23(31)17-30-21-13-9-8-12-19(21)16-20(18-10-6-5-7-11-18)25(27(30)34)28-26(33)22-14-15-24(32)35-22/h5-13,20,22,25H,3-4,14-17H2,1-2H3,(H,28,33)/t20-,22+,25-/m1/s1. The number of anilines is 1. The minimum atomic E-state index is -0.930. The normalized spacial score (nSPS) is 21.7. The summed E-state index contributed by atoms with van der Waals surface area (Å²) in [6.45, 7) is 4.76. The summed E-state index contributed by atoms with van der Waals surface area (Å²) in [7, 11) is 0. The largest absolute Gasteiger partial charge is 0.452 e. The smallest absolute Gasteiger partial charge is 0.306 e. The Labute approximate surface area is 205 Å². The highest BCUT2D eigenvalue weighted by molar-refractivity contribution is 6.05. The first-order valence-electron chi connectivity index (χ1n) is 12.1. The molecule has 0 aromatic heterocycles. The number of carbonyl (C=O) groups is 4. The Morgan fingerprint density at radius 3 is 2.37 bits per heavy atom. The van der Waals surface area contributed by atoms with Gasteiger partial charge in [-0.1, -0.05) is 48.5 Å². The molecular weight excluding hydrogens is 446 g/mol. The second kappa shape index (κ2) is 10.7. The van der Waals surface area contributed by atoms with Crippen molar-refractivity contribution in [2.45, 2.75) is 51.2 Å². The predicted octanol–water partition coefficient (Wildman–Crippen LogP) is 2.42. The van der Waals surface area contributed by atoms with Crippen LogP contribution in [-0.2, 0) is 30.3 Å². The number of likely N-dealkylation sites (N-methyl/N-ethyl adjacent to an activating group) is 1. The molecule has 0 unspecified atom stereocenters. The molecule has 2 heterocycles. The summed E-state index contributed by atoms with van der Waals surface area (Å²) in [5.74, 6) is -1.79.